The highest BCUT2D eigenvalue weighted by Gasteiger charge is 2.16. The second-order valence-electron chi connectivity index (χ2n) is 3.01. The first-order valence-corrected chi connectivity index (χ1v) is 4.61. The third-order valence-electron chi connectivity index (χ3n) is 2.06. The van der Waals surface area contributed by atoms with E-state index >= 15 is 0 Å². The van der Waals surface area contributed by atoms with Crippen LogP contribution in [0.15, 0.2) is 0 Å². The summed E-state index contributed by atoms with van der Waals surface area (Å²) in [5.74, 6) is -0.399. The van der Waals surface area contributed by atoms with Gasteiger partial charge in [-0.05, 0) is 5.92 Å². The van der Waals surface area contributed by atoms with Gasteiger partial charge in [-0.3, -0.25) is 0 Å². The Kier molecular flexibility index (Phi) is 6.54. The van der Waals surface area contributed by atoms with E-state index < -0.39 is 18.7 Å². The molecule has 4 nitrogen and oxygen atoms in total. The summed E-state index contributed by atoms with van der Waals surface area (Å²) in [5, 5.41) is 17.3. The number of esters is 1. The molecule has 4 heteroatoms. The van der Waals surface area contributed by atoms with E-state index in [2.05, 4.69) is 0 Å². The first-order valence-electron chi connectivity index (χ1n) is 4.61. The lowest BCUT2D eigenvalue weighted by atomic mass is 10.1. The highest BCUT2D eigenvalue weighted by molar-refractivity contribution is 5.74. The molecule has 0 aliphatic carbocycles. The first kappa shape index (κ1) is 12.4. The summed E-state index contributed by atoms with van der Waals surface area (Å²) in [6.45, 7) is 3.78. The summed E-state index contributed by atoms with van der Waals surface area (Å²) in [4.78, 5) is 10.9. The SMILES string of the molecule is CCC(CC)COC(=O)C(O)CO. The van der Waals surface area contributed by atoms with Gasteiger partial charge in [0.1, 0.15) is 0 Å². The minimum Gasteiger partial charge on any atom is -0.463 e. The lowest BCUT2D eigenvalue weighted by Crippen LogP contribution is -2.28. The third kappa shape index (κ3) is 4.85. The molecule has 78 valence electrons. The minimum absolute atomic E-state index is 0.322. The minimum atomic E-state index is -1.39. The Morgan fingerprint density at radius 1 is 1.38 bits per heavy atom. The van der Waals surface area contributed by atoms with Gasteiger partial charge in [0.05, 0.1) is 13.2 Å². The molecule has 0 aromatic carbocycles. The van der Waals surface area contributed by atoms with Crippen LogP contribution in [0.25, 0.3) is 0 Å². The van der Waals surface area contributed by atoms with Crippen molar-refractivity contribution in [3.63, 3.8) is 0 Å². The maximum Gasteiger partial charge on any atom is 0.337 e. The van der Waals surface area contributed by atoms with Gasteiger partial charge in [-0.25, -0.2) is 4.79 Å². The lowest BCUT2D eigenvalue weighted by Gasteiger charge is -2.13. The molecular formula is C9H18O4. The zero-order valence-corrected chi connectivity index (χ0v) is 8.19. The van der Waals surface area contributed by atoms with Gasteiger partial charge >= 0.3 is 5.97 Å². The first-order chi connectivity index (χ1) is 6.15. The molecule has 0 heterocycles. The molecule has 0 aromatic rings. The molecule has 1 unspecified atom stereocenters. The van der Waals surface area contributed by atoms with Crippen molar-refractivity contribution < 1.29 is 19.7 Å². The van der Waals surface area contributed by atoms with Crippen molar-refractivity contribution in [2.45, 2.75) is 32.8 Å². The topological polar surface area (TPSA) is 66.8 Å². The van der Waals surface area contributed by atoms with Crippen molar-refractivity contribution in [3.8, 4) is 0 Å². The summed E-state index contributed by atoms with van der Waals surface area (Å²) in [6, 6.07) is 0. The van der Waals surface area contributed by atoms with Crippen LogP contribution in [0.3, 0.4) is 0 Å². The van der Waals surface area contributed by atoms with Gasteiger partial charge in [0.25, 0.3) is 0 Å². The van der Waals surface area contributed by atoms with Crippen LogP contribution in [0.2, 0.25) is 0 Å². The van der Waals surface area contributed by atoms with Crippen molar-refractivity contribution in [2.75, 3.05) is 13.2 Å². The number of ether oxygens (including phenoxy) is 1. The van der Waals surface area contributed by atoms with E-state index in [1.165, 1.54) is 0 Å². The molecule has 0 fully saturated rings. The van der Waals surface area contributed by atoms with Crippen molar-refractivity contribution in [3.05, 3.63) is 0 Å². The second kappa shape index (κ2) is 6.86. The Labute approximate surface area is 78.5 Å². The summed E-state index contributed by atoms with van der Waals surface area (Å²) < 4.78 is 4.79. The largest absolute Gasteiger partial charge is 0.463 e. The smallest absolute Gasteiger partial charge is 0.337 e. The van der Waals surface area contributed by atoms with Gasteiger partial charge in [0.15, 0.2) is 6.10 Å². The normalized spacial score (nSPS) is 13.0. The molecule has 0 spiro atoms. The Morgan fingerprint density at radius 3 is 2.31 bits per heavy atom. The van der Waals surface area contributed by atoms with Crippen molar-refractivity contribution in [2.24, 2.45) is 5.92 Å². The Bertz CT molecular complexity index is 143. The van der Waals surface area contributed by atoms with Crippen LogP contribution >= 0.6 is 0 Å². The molecule has 0 aromatic heterocycles. The Balaban J connectivity index is 3.68. The zero-order chi connectivity index (χ0) is 10.3. The number of hydrogen-bond donors (Lipinski definition) is 2. The molecule has 0 aliphatic rings. The van der Waals surface area contributed by atoms with Crippen LogP contribution in [0.1, 0.15) is 26.7 Å². The highest BCUT2D eigenvalue weighted by Crippen LogP contribution is 2.07. The summed E-state index contributed by atoms with van der Waals surface area (Å²) in [6.07, 6.45) is 0.493. The number of hydrogen-bond acceptors (Lipinski definition) is 4. The molecule has 0 saturated heterocycles. The van der Waals surface area contributed by atoms with Gasteiger partial charge in [0, 0.05) is 0 Å². The second-order valence-corrected chi connectivity index (χ2v) is 3.01. The van der Waals surface area contributed by atoms with E-state index in [1.807, 2.05) is 13.8 Å². The van der Waals surface area contributed by atoms with E-state index in [0.29, 0.717) is 12.5 Å². The summed E-state index contributed by atoms with van der Waals surface area (Å²) >= 11 is 0. The Hall–Kier alpha value is -0.610. The van der Waals surface area contributed by atoms with Gasteiger partial charge in [0.2, 0.25) is 0 Å². The maximum absolute atomic E-state index is 10.9. The molecule has 0 bridgehead atoms. The highest BCUT2D eigenvalue weighted by atomic mass is 16.5. The standard InChI is InChI=1S/C9H18O4/c1-3-7(4-2)6-13-9(12)8(11)5-10/h7-8,10-11H,3-6H2,1-2H3. The van der Waals surface area contributed by atoms with Gasteiger partial charge < -0.3 is 14.9 Å². The molecule has 1 atom stereocenters. The number of carbonyl (C=O) groups is 1. The molecule has 0 aliphatic heterocycles. The van der Waals surface area contributed by atoms with Crippen molar-refractivity contribution in [1.29, 1.82) is 0 Å². The van der Waals surface area contributed by atoms with Crippen LogP contribution in [0.4, 0.5) is 0 Å². The maximum atomic E-state index is 10.9. The fourth-order valence-electron chi connectivity index (χ4n) is 0.895. The third-order valence-corrected chi connectivity index (χ3v) is 2.06. The number of carbonyl (C=O) groups excluding carboxylic acids is 1. The molecule has 0 amide bonds. The van der Waals surface area contributed by atoms with Crippen LogP contribution in [0, 0.1) is 5.92 Å². The van der Waals surface area contributed by atoms with Gasteiger partial charge in [-0.2, -0.15) is 0 Å². The monoisotopic (exact) mass is 190 g/mol. The average molecular weight is 190 g/mol. The van der Waals surface area contributed by atoms with Gasteiger partial charge in [-0.1, -0.05) is 26.7 Å². The van der Waals surface area contributed by atoms with E-state index in [0.717, 1.165) is 12.8 Å². The van der Waals surface area contributed by atoms with Crippen molar-refractivity contribution >= 4 is 5.97 Å². The number of aliphatic hydroxyl groups is 2. The van der Waals surface area contributed by atoms with Crippen LogP contribution < -0.4 is 0 Å². The van der Waals surface area contributed by atoms with Crippen LogP contribution in [0.5, 0.6) is 0 Å². The Morgan fingerprint density at radius 2 is 1.92 bits per heavy atom. The molecule has 0 radical (unpaired) electrons. The fourth-order valence-corrected chi connectivity index (χ4v) is 0.895. The van der Waals surface area contributed by atoms with Gasteiger partial charge in [-0.15, -0.1) is 0 Å². The molecule has 2 N–H and O–H groups in total. The number of aliphatic hydroxyl groups excluding tert-OH is 2. The van der Waals surface area contributed by atoms with E-state index in [4.69, 9.17) is 14.9 Å². The fraction of sp³-hybridized carbons (Fsp3) is 0.889. The zero-order valence-electron chi connectivity index (χ0n) is 8.19. The predicted octanol–water partition coefficient (Wildman–Crippen LogP) is 0.319. The quantitative estimate of drug-likeness (QED) is 0.592. The van der Waals surface area contributed by atoms with E-state index in [9.17, 15) is 4.79 Å². The summed E-state index contributed by atoms with van der Waals surface area (Å²) in [5.41, 5.74) is 0. The van der Waals surface area contributed by atoms with Crippen LogP contribution in [-0.4, -0.2) is 35.5 Å². The van der Waals surface area contributed by atoms with E-state index in [-0.39, 0.29) is 0 Å². The predicted molar refractivity (Wildman–Crippen MR) is 48.1 cm³/mol. The van der Waals surface area contributed by atoms with Crippen LogP contribution in [-0.2, 0) is 9.53 Å². The number of rotatable bonds is 6. The molecular weight excluding hydrogens is 172 g/mol. The molecule has 13 heavy (non-hydrogen) atoms. The lowest BCUT2D eigenvalue weighted by molar-refractivity contribution is -0.156. The average Bonchev–Trinajstić information content (AvgIpc) is 2.17. The van der Waals surface area contributed by atoms with Crippen molar-refractivity contribution in [1.82, 2.24) is 0 Å². The molecule has 0 saturated carbocycles. The summed E-state index contributed by atoms with van der Waals surface area (Å²) in [7, 11) is 0. The van der Waals surface area contributed by atoms with E-state index in [1.54, 1.807) is 0 Å². The molecule has 0 rings (SSSR count).